The number of carbonyl (C=O) groups excluding carboxylic acids is 1. The predicted octanol–water partition coefficient (Wildman–Crippen LogP) is 2.41. The Morgan fingerprint density at radius 2 is 2.00 bits per heavy atom. The van der Waals surface area contributed by atoms with Crippen molar-refractivity contribution in [2.24, 2.45) is 0 Å². The summed E-state index contributed by atoms with van der Waals surface area (Å²) in [7, 11) is 3.15. The molecule has 0 saturated heterocycles. The zero-order chi connectivity index (χ0) is 13.8. The first-order valence-electron chi connectivity index (χ1n) is 5.82. The molecule has 100 valence electrons. The summed E-state index contributed by atoms with van der Waals surface area (Å²) in [6, 6.07) is 5.40. The van der Waals surface area contributed by atoms with E-state index in [0.29, 0.717) is 28.8 Å². The van der Waals surface area contributed by atoms with Crippen molar-refractivity contribution in [3.05, 3.63) is 29.7 Å². The van der Waals surface area contributed by atoms with E-state index in [2.05, 4.69) is 4.98 Å². The second-order valence-electron chi connectivity index (χ2n) is 3.96. The quantitative estimate of drug-likeness (QED) is 0.773. The molecule has 2 aromatic rings. The molecule has 1 aromatic carbocycles. The molecule has 5 heteroatoms. The summed E-state index contributed by atoms with van der Waals surface area (Å²) in [6.45, 7) is 1.79. The van der Waals surface area contributed by atoms with Crippen molar-refractivity contribution in [1.82, 2.24) is 4.98 Å². The number of carbonyl (C=O) groups is 1. The lowest BCUT2D eigenvalue weighted by atomic mass is 10.2. The molecule has 0 saturated carbocycles. The van der Waals surface area contributed by atoms with E-state index < -0.39 is 0 Å². The van der Waals surface area contributed by atoms with E-state index in [1.54, 1.807) is 33.3 Å². The first-order chi connectivity index (χ1) is 9.19. The van der Waals surface area contributed by atoms with Gasteiger partial charge in [0.05, 0.1) is 19.9 Å². The van der Waals surface area contributed by atoms with Gasteiger partial charge in [-0.2, -0.15) is 0 Å². The predicted molar refractivity (Wildman–Crippen MR) is 69.5 cm³/mol. The molecule has 1 heterocycles. The molecule has 0 unspecified atom stereocenters. The molecule has 0 fully saturated rings. The van der Waals surface area contributed by atoms with Gasteiger partial charge < -0.3 is 18.7 Å². The Labute approximate surface area is 111 Å². The van der Waals surface area contributed by atoms with E-state index in [9.17, 15) is 4.79 Å². The monoisotopic (exact) mass is 261 g/mol. The highest BCUT2D eigenvalue weighted by molar-refractivity contribution is 5.61. The topological polar surface area (TPSA) is 61.6 Å². The molecule has 0 aliphatic heterocycles. The lowest BCUT2D eigenvalue weighted by Crippen LogP contribution is -1.91. The molecule has 0 radical (unpaired) electrons. The van der Waals surface area contributed by atoms with Gasteiger partial charge in [-0.25, -0.2) is 4.98 Å². The number of nitrogens with zero attached hydrogens (tertiary/aromatic N) is 1. The minimum absolute atomic E-state index is 0.253. The zero-order valence-corrected chi connectivity index (χ0v) is 11.1. The largest absolute Gasteiger partial charge is 0.493 e. The Morgan fingerprint density at radius 3 is 2.63 bits per heavy atom. The van der Waals surface area contributed by atoms with Gasteiger partial charge in [0.2, 0.25) is 5.89 Å². The number of ether oxygens (including phenoxy) is 2. The van der Waals surface area contributed by atoms with Gasteiger partial charge in [-0.15, -0.1) is 0 Å². The number of methoxy groups -OCH3 is 2. The van der Waals surface area contributed by atoms with Crippen LogP contribution in [0.25, 0.3) is 11.5 Å². The van der Waals surface area contributed by atoms with Gasteiger partial charge in [-0.1, -0.05) is 0 Å². The minimum atomic E-state index is 0.253. The number of benzene rings is 1. The van der Waals surface area contributed by atoms with Crippen LogP contribution in [0.2, 0.25) is 0 Å². The van der Waals surface area contributed by atoms with Gasteiger partial charge in [-0.3, -0.25) is 0 Å². The van der Waals surface area contributed by atoms with Crippen LogP contribution in [0.1, 0.15) is 11.5 Å². The number of oxazole rings is 1. The summed E-state index contributed by atoms with van der Waals surface area (Å²) in [4.78, 5) is 14.8. The van der Waals surface area contributed by atoms with Crippen LogP contribution < -0.4 is 9.47 Å². The fourth-order valence-corrected chi connectivity index (χ4v) is 1.79. The van der Waals surface area contributed by atoms with Crippen LogP contribution in [-0.4, -0.2) is 25.5 Å². The number of hydrogen-bond donors (Lipinski definition) is 0. The molecule has 0 amide bonds. The third kappa shape index (κ3) is 2.59. The van der Waals surface area contributed by atoms with Crippen LogP contribution in [0, 0.1) is 6.92 Å². The van der Waals surface area contributed by atoms with E-state index in [-0.39, 0.29) is 6.42 Å². The maximum atomic E-state index is 10.5. The number of aldehydes is 1. The van der Waals surface area contributed by atoms with Gasteiger partial charge in [0.25, 0.3) is 0 Å². The summed E-state index contributed by atoms with van der Waals surface area (Å²) in [6.07, 6.45) is 1.06. The summed E-state index contributed by atoms with van der Waals surface area (Å²) in [5.74, 6) is 2.36. The molecule has 5 nitrogen and oxygen atoms in total. The summed E-state index contributed by atoms with van der Waals surface area (Å²) < 4.78 is 16.0. The second-order valence-corrected chi connectivity index (χ2v) is 3.96. The molecular weight excluding hydrogens is 246 g/mol. The van der Waals surface area contributed by atoms with Gasteiger partial charge in [-0.05, 0) is 25.1 Å². The van der Waals surface area contributed by atoms with Crippen molar-refractivity contribution in [3.8, 4) is 23.0 Å². The van der Waals surface area contributed by atoms with Gasteiger partial charge in [0.15, 0.2) is 11.5 Å². The fourth-order valence-electron chi connectivity index (χ4n) is 1.79. The van der Waals surface area contributed by atoms with Crippen LogP contribution in [0.4, 0.5) is 0 Å². The normalized spacial score (nSPS) is 10.3. The first-order valence-corrected chi connectivity index (χ1v) is 5.82. The average Bonchev–Trinajstić information content (AvgIpc) is 2.80. The smallest absolute Gasteiger partial charge is 0.226 e. The SMILES string of the molecule is COc1ccc(-c2nc(CC=O)c(C)o2)cc1OC. The molecule has 1 aromatic heterocycles. The third-order valence-corrected chi connectivity index (χ3v) is 2.80. The van der Waals surface area contributed by atoms with E-state index in [0.717, 1.165) is 11.8 Å². The second kappa shape index (κ2) is 5.56. The highest BCUT2D eigenvalue weighted by atomic mass is 16.5. The molecule has 19 heavy (non-hydrogen) atoms. The minimum Gasteiger partial charge on any atom is -0.493 e. The third-order valence-electron chi connectivity index (χ3n) is 2.80. The van der Waals surface area contributed by atoms with E-state index in [4.69, 9.17) is 13.9 Å². The number of aryl methyl sites for hydroxylation is 1. The Morgan fingerprint density at radius 1 is 1.26 bits per heavy atom. The highest BCUT2D eigenvalue weighted by Gasteiger charge is 2.13. The van der Waals surface area contributed by atoms with Crippen molar-refractivity contribution < 1.29 is 18.7 Å². The van der Waals surface area contributed by atoms with Gasteiger partial charge >= 0.3 is 0 Å². The highest BCUT2D eigenvalue weighted by Crippen LogP contribution is 2.32. The number of hydrogen-bond acceptors (Lipinski definition) is 5. The fraction of sp³-hybridized carbons (Fsp3) is 0.286. The Hall–Kier alpha value is -2.30. The van der Waals surface area contributed by atoms with Crippen molar-refractivity contribution in [3.63, 3.8) is 0 Å². The summed E-state index contributed by atoms with van der Waals surface area (Å²) in [5.41, 5.74) is 1.43. The molecule has 0 spiro atoms. The van der Waals surface area contributed by atoms with Crippen molar-refractivity contribution in [2.75, 3.05) is 14.2 Å². The standard InChI is InChI=1S/C14H15NO4/c1-9-11(6-7-16)15-14(19-9)10-4-5-12(17-2)13(8-10)18-3/h4-5,7-8H,6H2,1-3H3. The van der Waals surface area contributed by atoms with Crippen molar-refractivity contribution >= 4 is 6.29 Å². The van der Waals surface area contributed by atoms with Gasteiger partial charge in [0.1, 0.15) is 12.0 Å². The lowest BCUT2D eigenvalue weighted by molar-refractivity contribution is -0.107. The van der Waals surface area contributed by atoms with Gasteiger partial charge in [0, 0.05) is 12.0 Å². The van der Waals surface area contributed by atoms with E-state index >= 15 is 0 Å². The molecule has 0 atom stereocenters. The van der Waals surface area contributed by atoms with Crippen LogP contribution in [0.15, 0.2) is 22.6 Å². The molecule has 0 N–H and O–H groups in total. The number of aromatic nitrogens is 1. The summed E-state index contributed by atoms with van der Waals surface area (Å²) >= 11 is 0. The average molecular weight is 261 g/mol. The Kier molecular flexibility index (Phi) is 3.85. The summed E-state index contributed by atoms with van der Waals surface area (Å²) in [5, 5.41) is 0. The van der Waals surface area contributed by atoms with E-state index in [1.165, 1.54) is 0 Å². The molecule has 2 rings (SSSR count). The van der Waals surface area contributed by atoms with Crippen molar-refractivity contribution in [1.29, 1.82) is 0 Å². The number of rotatable bonds is 5. The molecule has 0 aliphatic carbocycles. The molecular formula is C14H15NO4. The first kappa shape index (κ1) is 13.1. The van der Waals surface area contributed by atoms with Crippen LogP contribution in [0.3, 0.4) is 0 Å². The van der Waals surface area contributed by atoms with Crippen LogP contribution in [-0.2, 0) is 11.2 Å². The molecule has 0 aliphatic rings. The molecule has 0 bridgehead atoms. The van der Waals surface area contributed by atoms with Crippen LogP contribution in [0.5, 0.6) is 11.5 Å². The Bertz CT molecular complexity index is 589. The maximum Gasteiger partial charge on any atom is 0.226 e. The Balaban J connectivity index is 2.41. The van der Waals surface area contributed by atoms with Crippen molar-refractivity contribution in [2.45, 2.75) is 13.3 Å². The van der Waals surface area contributed by atoms with E-state index in [1.807, 2.05) is 6.07 Å². The maximum absolute atomic E-state index is 10.5. The lowest BCUT2D eigenvalue weighted by Gasteiger charge is -2.07. The van der Waals surface area contributed by atoms with Crippen LogP contribution >= 0.6 is 0 Å². The zero-order valence-electron chi connectivity index (χ0n) is 11.1.